The number of benzene rings is 1. The summed E-state index contributed by atoms with van der Waals surface area (Å²) in [6.45, 7) is 5.17. The van der Waals surface area contributed by atoms with E-state index in [1.54, 1.807) is 0 Å². The molecule has 0 radical (unpaired) electrons. The Balaban J connectivity index is 2.03. The fourth-order valence-corrected chi connectivity index (χ4v) is 4.58. The summed E-state index contributed by atoms with van der Waals surface area (Å²) in [5.74, 6) is -1.11. The van der Waals surface area contributed by atoms with E-state index in [9.17, 15) is 23.1 Å². The van der Waals surface area contributed by atoms with E-state index < -0.39 is 16.0 Å². The SMILES string of the molecule is CCC(C)CNC(=O)C1CCN(S(=O)(=O)c2ccccc2C(=O)O)CC1. The third-order valence-electron chi connectivity index (χ3n) is 4.88. The van der Waals surface area contributed by atoms with Gasteiger partial charge < -0.3 is 10.4 Å². The van der Waals surface area contributed by atoms with Crippen LogP contribution in [0, 0.1) is 11.8 Å². The van der Waals surface area contributed by atoms with Gasteiger partial charge >= 0.3 is 5.97 Å². The highest BCUT2D eigenvalue weighted by Gasteiger charge is 2.34. The van der Waals surface area contributed by atoms with Gasteiger partial charge in [0.1, 0.15) is 0 Å². The molecule has 1 atom stereocenters. The molecule has 1 fully saturated rings. The predicted octanol–water partition coefficient (Wildman–Crippen LogP) is 1.95. The molecule has 2 rings (SSSR count). The Morgan fingerprint density at radius 1 is 1.27 bits per heavy atom. The van der Waals surface area contributed by atoms with E-state index in [-0.39, 0.29) is 35.4 Å². The van der Waals surface area contributed by atoms with E-state index in [2.05, 4.69) is 19.2 Å². The fourth-order valence-electron chi connectivity index (χ4n) is 2.93. The number of hydrogen-bond donors (Lipinski definition) is 2. The van der Waals surface area contributed by atoms with Crippen LogP contribution in [0.4, 0.5) is 0 Å². The molecule has 1 unspecified atom stereocenters. The van der Waals surface area contributed by atoms with Gasteiger partial charge in [-0.15, -0.1) is 0 Å². The Morgan fingerprint density at radius 3 is 2.46 bits per heavy atom. The number of sulfonamides is 1. The third-order valence-corrected chi connectivity index (χ3v) is 6.84. The summed E-state index contributed by atoms with van der Waals surface area (Å²) in [5, 5.41) is 12.2. The first-order valence-corrected chi connectivity index (χ1v) is 10.3. The summed E-state index contributed by atoms with van der Waals surface area (Å²) in [6.07, 6.45) is 1.85. The zero-order valence-corrected chi connectivity index (χ0v) is 16.0. The maximum Gasteiger partial charge on any atom is 0.337 e. The number of rotatable bonds is 7. The van der Waals surface area contributed by atoms with Crippen LogP contribution in [0.2, 0.25) is 0 Å². The maximum absolute atomic E-state index is 12.8. The van der Waals surface area contributed by atoms with Gasteiger partial charge in [-0.25, -0.2) is 13.2 Å². The minimum Gasteiger partial charge on any atom is -0.478 e. The molecular formula is C18H26N2O5S. The second-order valence-corrected chi connectivity index (χ2v) is 8.64. The summed E-state index contributed by atoms with van der Waals surface area (Å²) in [5.41, 5.74) is -0.235. The van der Waals surface area contributed by atoms with Gasteiger partial charge in [-0.05, 0) is 30.9 Å². The van der Waals surface area contributed by atoms with Crippen LogP contribution >= 0.6 is 0 Å². The van der Waals surface area contributed by atoms with Crippen molar-refractivity contribution < 1.29 is 23.1 Å². The Hall–Kier alpha value is -1.93. The smallest absolute Gasteiger partial charge is 0.337 e. The molecule has 1 amide bonds. The minimum absolute atomic E-state index is 0.0340. The number of carbonyl (C=O) groups is 2. The van der Waals surface area contributed by atoms with Crippen LogP contribution in [0.1, 0.15) is 43.5 Å². The van der Waals surface area contributed by atoms with Crippen LogP contribution < -0.4 is 5.32 Å². The first-order valence-electron chi connectivity index (χ1n) is 8.87. The van der Waals surface area contributed by atoms with Crippen LogP contribution in [-0.2, 0) is 14.8 Å². The molecule has 8 heteroatoms. The second-order valence-electron chi connectivity index (χ2n) is 6.74. The van der Waals surface area contributed by atoms with Crippen molar-refractivity contribution >= 4 is 21.9 Å². The molecule has 26 heavy (non-hydrogen) atoms. The average Bonchev–Trinajstić information content (AvgIpc) is 2.65. The van der Waals surface area contributed by atoms with Gasteiger partial charge in [0, 0.05) is 25.6 Å². The van der Waals surface area contributed by atoms with Gasteiger partial charge in [0.05, 0.1) is 10.5 Å². The monoisotopic (exact) mass is 382 g/mol. The molecule has 2 N–H and O–H groups in total. The Bertz CT molecular complexity index is 755. The van der Waals surface area contributed by atoms with E-state index in [1.807, 2.05) is 0 Å². The Morgan fingerprint density at radius 2 is 1.88 bits per heavy atom. The third kappa shape index (κ3) is 4.62. The maximum atomic E-state index is 12.8. The first-order chi connectivity index (χ1) is 12.3. The van der Waals surface area contributed by atoms with Crippen molar-refractivity contribution in [3.8, 4) is 0 Å². The zero-order valence-electron chi connectivity index (χ0n) is 15.1. The molecule has 0 saturated carbocycles. The molecule has 1 aromatic carbocycles. The molecule has 1 aliphatic rings. The number of aromatic carboxylic acids is 1. The normalized spacial score (nSPS) is 17.6. The van der Waals surface area contributed by atoms with Crippen molar-refractivity contribution in [3.63, 3.8) is 0 Å². The molecule has 0 spiro atoms. The van der Waals surface area contributed by atoms with Crippen molar-refractivity contribution in [1.29, 1.82) is 0 Å². The lowest BCUT2D eigenvalue weighted by atomic mass is 9.97. The van der Waals surface area contributed by atoms with E-state index in [1.165, 1.54) is 28.6 Å². The van der Waals surface area contributed by atoms with Crippen molar-refractivity contribution in [2.24, 2.45) is 11.8 Å². The Kier molecular flexibility index (Phi) is 6.77. The van der Waals surface area contributed by atoms with Crippen molar-refractivity contribution in [2.75, 3.05) is 19.6 Å². The molecule has 0 aromatic heterocycles. The lowest BCUT2D eigenvalue weighted by molar-refractivity contribution is -0.126. The highest BCUT2D eigenvalue weighted by molar-refractivity contribution is 7.89. The first kappa shape index (κ1) is 20.4. The second kappa shape index (κ2) is 8.64. The molecule has 144 valence electrons. The standard InChI is InChI=1S/C18H26N2O5S/c1-3-13(2)12-19-17(21)14-8-10-20(11-9-14)26(24,25)16-7-5-4-6-15(16)18(22)23/h4-7,13-14H,3,8-12H2,1-2H3,(H,19,21)(H,22,23). The Labute approximate surface area is 154 Å². The van der Waals surface area contributed by atoms with Gasteiger partial charge in [-0.3, -0.25) is 4.79 Å². The number of carboxylic acid groups (broad SMARTS) is 1. The van der Waals surface area contributed by atoms with Gasteiger partial charge in [0.25, 0.3) is 0 Å². The molecular weight excluding hydrogens is 356 g/mol. The number of carbonyl (C=O) groups excluding carboxylic acids is 1. The summed E-state index contributed by atoms with van der Waals surface area (Å²) < 4.78 is 26.9. The number of nitrogens with one attached hydrogen (secondary N) is 1. The van der Waals surface area contributed by atoms with Crippen LogP contribution in [0.3, 0.4) is 0 Å². The van der Waals surface area contributed by atoms with Crippen LogP contribution in [0.25, 0.3) is 0 Å². The van der Waals surface area contributed by atoms with Crippen molar-refractivity contribution in [3.05, 3.63) is 29.8 Å². The van der Waals surface area contributed by atoms with E-state index in [0.717, 1.165) is 6.42 Å². The van der Waals surface area contributed by atoms with Gasteiger partial charge in [-0.2, -0.15) is 4.31 Å². The largest absolute Gasteiger partial charge is 0.478 e. The minimum atomic E-state index is -3.90. The number of hydrogen-bond acceptors (Lipinski definition) is 4. The molecule has 7 nitrogen and oxygen atoms in total. The fraction of sp³-hybridized carbons (Fsp3) is 0.556. The number of nitrogens with zero attached hydrogens (tertiary/aromatic N) is 1. The highest BCUT2D eigenvalue weighted by atomic mass is 32.2. The van der Waals surface area contributed by atoms with Gasteiger partial charge in [-0.1, -0.05) is 32.4 Å². The molecule has 0 aliphatic carbocycles. The highest BCUT2D eigenvalue weighted by Crippen LogP contribution is 2.26. The summed E-state index contributed by atoms with van der Waals surface area (Å²) >= 11 is 0. The van der Waals surface area contributed by atoms with Gasteiger partial charge in [0.2, 0.25) is 15.9 Å². The topological polar surface area (TPSA) is 104 Å². The number of carboxylic acids is 1. The molecule has 0 bridgehead atoms. The van der Waals surface area contributed by atoms with Crippen LogP contribution in [0.5, 0.6) is 0 Å². The van der Waals surface area contributed by atoms with Crippen molar-refractivity contribution in [2.45, 2.75) is 38.0 Å². The lowest BCUT2D eigenvalue weighted by Crippen LogP contribution is -2.43. The molecule has 1 aliphatic heterocycles. The number of piperidine rings is 1. The predicted molar refractivity (Wildman–Crippen MR) is 97.3 cm³/mol. The molecule has 1 saturated heterocycles. The van der Waals surface area contributed by atoms with Crippen LogP contribution in [-0.4, -0.2) is 49.3 Å². The summed E-state index contributed by atoms with van der Waals surface area (Å²) in [7, 11) is -3.90. The molecule has 1 aromatic rings. The number of amides is 1. The summed E-state index contributed by atoms with van der Waals surface area (Å²) in [6, 6.07) is 5.60. The summed E-state index contributed by atoms with van der Waals surface area (Å²) in [4.78, 5) is 23.3. The lowest BCUT2D eigenvalue weighted by Gasteiger charge is -2.31. The van der Waals surface area contributed by atoms with E-state index >= 15 is 0 Å². The van der Waals surface area contributed by atoms with E-state index in [4.69, 9.17) is 0 Å². The average molecular weight is 382 g/mol. The molecule has 1 heterocycles. The van der Waals surface area contributed by atoms with Crippen LogP contribution in [0.15, 0.2) is 29.2 Å². The van der Waals surface area contributed by atoms with Crippen molar-refractivity contribution in [1.82, 2.24) is 9.62 Å². The van der Waals surface area contributed by atoms with Gasteiger partial charge in [0.15, 0.2) is 0 Å². The zero-order chi connectivity index (χ0) is 19.3. The van der Waals surface area contributed by atoms with E-state index in [0.29, 0.717) is 25.3 Å². The quantitative estimate of drug-likeness (QED) is 0.750.